The molecule has 2 atom stereocenters. The van der Waals surface area contributed by atoms with Gasteiger partial charge in [0.1, 0.15) is 0 Å². The summed E-state index contributed by atoms with van der Waals surface area (Å²) in [6, 6.07) is 0.611. The van der Waals surface area contributed by atoms with E-state index in [-0.39, 0.29) is 5.75 Å². The topological polar surface area (TPSA) is 43.9 Å². The van der Waals surface area contributed by atoms with Gasteiger partial charge in [0.25, 0.3) is 0 Å². The Hall–Kier alpha value is -0.170. The van der Waals surface area contributed by atoms with Gasteiger partial charge in [0.15, 0.2) is 0 Å². The predicted molar refractivity (Wildman–Crippen MR) is 84.4 cm³/mol. The molecule has 0 radical (unpaired) electrons. The lowest BCUT2D eigenvalue weighted by atomic mass is 9.98. The molecule has 6 heteroatoms. The van der Waals surface area contributed by atoms with Gasteiger partial charge < -0.3 is 9.80 Å². The molecule has 0 spiro atoms. The van der Waals surface area contributed by atoms with Gasteiger partial charge in [0.2, 0.25) is 10.0 Å². The smallest absolute Gasteiger partial charge is 0.213 e. The van der Waals surface area contributed by atoms with Crippen molar-refractivity contribution in [3.63, 3.8) is 0 Å². The molecule has 0 aromatic heterocycles. The van der Waals surface area contributed by atoms with Crippen LogP contribution in [0, 0.1) is 5.92 Å². The van der Waals surface area contributed by atoms with Crippen molar-refractivity contribution in [1.82, 2.24) is 14.1 Å². The Bertz CT molecular complexity index is 382. The second-order valence-electron chi connectivity index (χ2n) is 6.29. The molecule has 0 N–H and O–H groups in total. The fourth-order valence-corrected chi connectivity index (χ4v) is 3.88. The van der Waals surface area contributed by atoms with E-state index in [0.29, 0.717) is 6.04 Å². The Morgan fingerprint density at radius 3 is 2.30 bits per heavy atom. The highest BCUT2D eigenvalue weighted by Crippen LogP contribution is 2.24. The van der Waals surface area contributed by atoms with Gasteiger partial charge in [0, 0.05) is 33.2 Å². The predicted octanol–water partition coefficient (Wildman–Crippen LogP) is 0.930. The molecule has 1 saturated heterocycles. The zero-order valence-corrected chi connectivity index (χ0v) is 14.5. The maximum absolute atomic E-state index is 11.7. The number of hydrogen-bond acceptors (Lipinski definition) is 4. The Morgan fingerprint density at radius 1 is 1.15 bits per heavy atom. The minimum absolute atomic E-state index is 0.252. The summed E-state index contributed by atoms with van der Waals surface area (Å²) in [7, 11) is 4.45. The molecule has 0 aromatic carbocycles. The monoisotopic (exact) mass is 305 g/mol. The third-order valence-electron chi connectivity index (χ3n) is 4.24. The number of likely N-dealkylation sites (N-methyl/N-ethyl adjacent to an activating group) is 1. The van der Waals surface area contributed by atoms with Crippen LogP contribution in [0.5, 0.6) is 0 Å². The van der Waals surface area contributed by atoms with Crippen molar-refractivity contribution >= 4 is 10.0 Å². The molecule has 0 saturated carbocycles. The minimum Gasteiger partial charge on any atom is -0.305 e. The van der Waals surface area contributed by atoms with Crippen LogP contribution in [0.25, 0.3) is 0 Å². The highest BCUT2D eigenvalue weighted by molar-refractivity contribution is 7.89. The molecule has 0 bridgehead atoms. The molecule has 1 rings (SSSR count). The number of nitrogens with zero attached hydrogens (tertiary/aromatic N) is 3. The Morgan fingerprint density at radius 2 is 1.80 bits per heavy atom. The first-order chi connectivity index (χ1) is 9.27. The lowest BCUT2D eigenvalue weighted by Crippen LogP contribution is -2.35. The van der Waals surface area contributed by atoms with Crippen molar-refractivity contribution in [3.8, 4) is 0 Å². The van der Waals surface area contributed by atoms with Crippen molar-refractivity contribution in [2.45, 2.75) is 32.2 Å². The molecule has 20 heavy (non-hydrogen) atoms. The second-order valence-corrected chi connectivity index (χ2v) is 8.59. The molecule has 1 aliphatic rings. The van der Waals surface area contributed by atoms with E-state index in [9.17, 15) is 8.42 Å². The summed E-state index contributed by atoms with van der Waals surface area (Å²) in [6.07, 6.45) is 3.20. The minimum atomic E-state index is -3.05. The average molecular weight is 305 g/mol. The van der Waals surface area contributed by atoms with Crippen LogP contribution in [0.3, 0.4) is 0 Å². The summed E-state index contributed by atoms with van der Waals surface area (Å²) in [5.74, 6) is 0.974. The Balaban J connectivity index is 2.43. The van der Waals surface area contributed by atoms with E-state index in [1.54, 1.807) is 14.1 Å². The molecule has 0 aromatic rings. The summed E-state index contributed by atoms with van der Waals surface area (Å²) in [5, 5.41) is 0. The van der Waals surface area contributed by atoms with Crippen molar-refractivity contribution in [3.05, 3.63) is 0 Å². The van der Waals surface area contributed by atoms with Gasteiger partial charge in [-0.05, 0) is 39.4 Å². The molecular formula is C14H31N3O2S. The van der Waals surface area contributed by atoms with Crippen LogP contribution in [0.2, 0.25) is 0 Å². The van der Waals surface area contributed by atoms with Gasteiger partial charge >= 0.3 is 0 Å². The van der Waals surface area contributed by atoms with Gasteiger partial charge in [-0.15, -0.1) is 0 Å². The summed E-state index contributed by atoms with van der Waals surface area (Å²) in [5.41, 5.74) is 0. The van der Waals surface area contributed by atoms with E-state index < -0.39 is 10.0 Å². The van der Waals surface area contributed by atoms with Gasteiger partial charge in [0.05, 0.1) is 5.75 Å². The molecule has 1 aliphatic heterocycles. The fourth-order valence-electron chi connectivity index (χ4n) is 3.02. The van der Waals surface area contributed by atoms with Crippen LogP contribution in [-0.2, 0) is 10.0 Å². The van der Waals surface area contributed by atoms with Gasteiger partial charge in [-0.25, -0.2) is 12.7 Å². The summed E-state index contributed by atoms with van der Waals surface area (Å²) in [4.78, 5) is 4.74. The summed E-state index contributed by atoms with van der Waals surface area (Å²) < 4.78 is 24.8. The zero-order valence-electron chi connectivity index (χ0n) is 13.7. The van der Waals surface area contributed by atoms with Crippen LogP contribution < -0.4 is 0 Å². The first-order valence-electron chi connectivity index (χ1n) is 7.57. The van der Waals surface area contributed by atoms with Crippen LogP contribution in [0.1, 0.15) is 26.2 Å². The third kappa shape index (κ3) is 4.98. The van der Waals surface area contributed by atoms with E-state index in [4.69, 9.17) is 0 Å². The molecule has 0 unspecified atom stereocenters. The number of likely N-dealkylation sites (tertiary alicyclic amines) is 1. The van der Waals surface area contributed by atoms with Crippen LogP contribution in [-0.4, -0.2) is 82.1 Å². The summed E-state index contributed by atoms with van der Waals surface area (Å²) >= 11 is 0. The summed E-state index contributed by atoms with van der Waals surface area (Å²) in [6.45, 7) is 5.30. The van der Waals surface area contributed by atoms with Crippen LogP contribution in [0.15, 0.2) is 0 Å². The van der Waals surface area contributed by atoms with Crippen molar-refractivity contribution in [2.24, 2.45) is 5.92 Å². The van der Waals surface area contributed by atoms with Crippen molar-refractivity contribution in [2.75, 3.05) is 53.6 Å². The second kappa shape index (κ2) is 7.73. The number of rotatable bonds is 8. The molecule has 5 nitrogen and oxygen atoms in total. The largest absolute Gasteiger partial charge is 0.305 e. The lowest BCUT2D eigenvalue weighted by molar-refractivity contribution is 0.239. The van der Waals surface area contributed by atoms with Gasteiger partial charge in [-0.2, -0.15) is 0 Å². The van der Waals surface area contributed by atoms with E-state index in [0.717, 1.165) is 32.0 Å². The van der Waals surface area contributed by atoms with E-state index in [1.807, 2.05) is 0 Å². The first kappa shape index (κ1) is 17.9. The molecule has 120 valence electrons. The first-order valence-corrected chi connectivity index (χ1v) is 9.17. The normalized spacial score (nSPS) is 24.9. The highest BCUT2D eigenvalue weighted by atomic mass is 32.2. The van der Waals surface area contributed by atoms with Gasteiger partial charge in [-0.1, -0.05) is 13.3 Å². The zero-order chi connectivity index (χ0) is 15.3. The highest BCUT2D eigenvalue weighted by Gasteiger charge is 2.33. The van der Waals surface area contributed by atoms with E-state index >= 15 is 0 Å². The van der Waals surface area contributed by atoms with Crippen molar-refractivity contribution in [1.29, 1.82) is 0 Å². The maximum Gasteiger partial charge on any atom is 0.213 e. The van der Waals surface area contributed by atoms with Gasteiger partial charge in [-0.3, -0.25) is 0 Å². The Kier molecular flexibility index (Phi) is 6.91. The Labute approximate surface area is 125 Å². The average Bonchev–Trinajstić information content (AvgIpc) is 2.72. The third-order valence-corrected chi connectivity index (χ3v) is 6.16. The molecule has 0 aliphatic carbocycles. The van der Waals surface area contributed by atoms with Crippen molar-refractivity contribution < 1.29 is 8.42 Å². The molecular weight excluding hydrogens is 274 g/mol. The fraction of sp³-hybridized carbons (Fsp3) is 1.00. The van der Waals surface area contributed by atoms with Crippen LogP contribution >= 0.6 is 0 Å². The van der Waals surface area contributed by atoms with Crippen LogP contribution in [0.4, 0.5) is 0 Å². The number of hydrogen-bond donors (Lipinski definition) is 0. The standard InChI is InChI=1S/C14H31N3O2S/c1-6-8-13-11-17(12-14(13)15(2)3)9-7-10-20(18,19)16(4)5/h13-14H,6-12H2,1-5H3/t13-,14-/m0/s1. The SMILES string of the molecule is CCC[C@H]1CN(CCCS(=O)(=O)N(C)C)C[C@@H]1N(C)C. The van der Waals surface area contributed by atoms with E-state index in [1.165, 1.54) is 17.1 Å². The molecule has 1 fully saturated rings. The lowest BCUT2D eigenvalue weighted by Gasteiger charge is -2.24. The maximum atomic E-state index is 11.7. The molecule has 1 heterocycles. The van der Waals surface area contributed by atoms with E-state index in [2.05, 4.69) is 30.8 Å². The number of sulfonamides is 1. The quantitative estimate of drug-likeness (QED) is 0.669. The molecule has 0 amide bonds.